The van der Waals surface area contributed by atoms with E-state index in [1.54, 1.807) is 20.8 Å². The smallest absolute Gasteiger partial charge is 0.410 e. The minimum atomic E-state index is -1.13. The molecule has 2 aliphatic rings. The Morgan fingerprint density at radius 1 is 0.935 bits per heavy atom. The van der Waals surface area contributed by atoms with E-state index in [0.29, 0.717) is 39.6 Å². The monoisotopic (exact) mass is 649 g/mol. The summed E-state index contributed by atoms with van der Waals surface area (Å²) in [5, 5.41) is 4.72. The summed E-state index contributed by atoms with van der Waals surface area (Å²) in [4.78, 5) is 77.8. The van der Waals surface area contributed by atoms with Crippen LogP contribution in [0.4, 0.5) is 10.5 Å². The standard InChI is InChI=1S/C30H43N5O11/c1-30(2,3)46-29(41)34(10-13-43-16-18-44-17-15-42-12-9-31)11-14-45-19-24(37)32-21-6-4-5-20-25(21)28(40)35(27(20)39)22-7-8-23(36)33-26(22)38/h4-6,22H,7-19,31H2,1-3H3,(H,32,37)(H,33,36,38). The molecule has 0 saturated carbocycles. The van der Waals surface area contributed by atoms with Crippen molar-refractivity contribution in [1.29, 1.82) is 0 Å². The first-order valence-electron chi connectivity index (χ1n) is 15.1. The average Bonchev–Trinajstić information content (AvgIpc) is 3.24. The lowest BCUT2D eigenvalue weighted by Gasteiger charge is -2.27. The highest BCUT2D eigenvalue weighted by Crippen LogP contribution is 2.32. The molecule has 254 valence electrons. The van der Waals surface area contributed by atoms with Gasteiger partial charge in [0, 0.05) is 26.1 Å². The van der Waals surface area contributed by atoms with Crippen LogP contribution in [0, 0.1) is 0 Å². The Hall–Kier alpha value is -3.96. The maximum atomic E-state index is 13.2. The van der Waals surface area contributed by atoms with Gasteiger partial charge in [0.25, 0.3) is 11.8 Å². The lowest BCUT2D eigenvalue weighted by atomic mass is 10.0. The molecule has 1 fully saturated rings. The second-order valence-electron chi connectivity index (χ2n) is 11.4. The maximum Gasteiger partial charge on any atom is 0.410 e. The number of rotatable bonds is 18. The molecule has 3 rings (SSSR count). The van der Waals surface area contributed by atoms with Crippen molar-refractivity contribution in [2.24, 2.45) is 5.73 Å². The number of nitrogens with one attached hydrogen (secondary N) is 2. The van der Waals surface area contributed by atoms with Gasteiger partial charge < -0.3 is 39.6 Å². The van der Waals surface area contributed by atoms with Crippen molar-refractivity contribution in [1.82, 2.24) is 15.1 Å². The molecule has 16 heteroatoms. The summed E-state index contributed by atoms with van der Waals surface area (Å²) in [6.07, 6.45) is -0.566. The predicted molar refractivity (Wildman–Crippen MR) is 162 cm³/mol. The molecule has 2 aliphatic heterocycles. The molecule has 0 radical (unpaired) electrons. The number of benzene rings is 1. The topological polar surface area (TPSA) is 205 Å². The van der Waals surface area contributed by atoms with Crippen LogP contribution in [-0.4, -0.2) is 130 Å². The molecule has 16 nitrogen and oxygen atoms in total. The number of ether oxygens (including phenoxy) is 5. The molecular weight excluding hydrogens is 606 g/mol. The zero-order valence-electron chi connectivity index (χ0n) is 26.5. The van der Waals surface area contributed by atoms with E-state index in [0.717, 1.165) is 4.90 Å². The minimum absolute atomic E-state index is 0.00776. The highest BCUT2D eigenvalue weighted by Gasteiger charge is 2.45. The number of piperidine rings is 1. The molecule has 0 spiro atoms. The zero-order valence-corrected chi connectivity index (χ0v) is 26.5. The molecule has 0 aliphatic carbocycles. The van der Waals surface area contributed by atoms with E-state index in [2.05, 4.69) is 10.6 Å². The first-order chi connectivity index (χ1) is 21.9. The molecule has 1 aromatic carbocycles. The van der Waals surface area contributed by atoms with Crippen LogP contribution in [0.25, 0.3) is 0 Å². The second kappa shape index (κ2) is 17.7. The van der Waals surface area contributed by atoms with Gasteiger partial charge in [0.15, 0.2) is 0 Å². The molecule has 1 aromatic rings. The SMILES string of the molecule is CC(C)(C)OC(=O)N(CCOCCOCCOCCN)CCOCC(=O)Nc1cccc2c1C(=O)N(C1CCC(=O)NC1=O)C2=O. The van der Waals surface area contributed by atoms with E-state index < -0.39 is 53.9 Å². The number of carbonyl (C=O) groups excluding carboxylic acids is 6. The van der Waals surface area contributed by atoms with Gasteiger partial charge >= 0.3 is 6.09 Å². The minimum Gasteiger partial charge on any atom is -0.444 e. The van der Waals surface area contributed by atoms with Crippen LogP contribution in [0.5, 0.6) is 0 Å². The van der Waals surface area contributed by atoms with Gasteiger partial charge in [-0.1, -0.05) is 6.07 Å². The maximum absolute atomic E-state index is 13.2. The highest BCUT2D eigenvalue weighted by molar-refractivity contribution is 6.26. The zero-order chi connectivity index (χ0) is 33.7. The Morgan fingerprint density at radius 3 is 2.20 bits per heavy atom. The Balaban J connectivity index is 1.47. The van der Waals surface area contributed by atoms with Crippen LogP contribution in [0.2, 0.25) is 0 Å². The van der Waals surface area contributed by atoms with Gasteiger partial charge in [-0.2, -0.15) is 0 Å². The molecule has 1 unspecified atom stereocenters. The summed E-state index contributed by atoms with van der Waals surface area (Å²) < 4.78 is 27.2. The number of nitrogens with two attached hydrogens (primary N) is 1. The first kappa shape index (κ1) is 36.5. The van der Waals surface area contributed by atoms with E-state index >= 15 is 0 Å². The Kier molecular flexibility index (Phi) is 14.0. The molecular formula is C30H43N5O11. The Morgan fingerprint density at radius 2 is 1.57 bits per heavy atom. The van der Waals surface area contributed by atoms with Crippen LogP contribution in [0.15, 0.2) is 18.2 Å². The summed E-state index contributed by atoms with van der Waals surface area (Å²) in [7, 11) is 0. The number of hydrogen-bond acceptors (Lipinski definition) is 12. The van der Waals surface area contributed by atoms with E-state index in [1.165, 1.54) is 23.1 Å². The van der Waals surface area contributed by atoms with E-state index in [4.69, 9.17) is 29.4 Å². The van der Waals surface area contributed by atoms with E-state index in [-0.39, 0.29) is 56.0 Å². The third kappa shape index (κ3) is 10.8. The lowest BCUT2D eigenvalue weighted by molar-refractivity contribution is -0.136. The van der Waals surface area contributed by atoms with Gasteiger partial charge in [-0.15, -0.1) is 0 Å². The molecule has 46 heavy (non-hydrogen) atoms. The van der Waals surface area contributed by atoms with Crippen molar-refractivity contribution in [3.63, 3.8) is 0 Å². The summed E-state index contributed by atoms with van der Waals surface area (Å²) in [6.45, 7) is 7.81. The predicted octanol–water partition coefficient (Wildman–Crippen LogP) is 0.289. The van der Waals surface area contributed by atoms with Crippen molar-refractivity contribution < 1.29 is 52.5 Å². The van der Waals surface area contributed by atoms with Gasteiger partial charge in [-0.25, -0.2) is 4.79 Å². The second-order valence-corrected chi connectivity index (χ2v) is 11.4. The molecule has 2 heterocycles. The molecule has 1 saturated heterocycles. The summed E-state index contributed by atoms with van der Waals surface area (Å²) in [6, 6.07) is 3.26. The van der Waals surface area contributed by atoms with Crippen molar-refractivity contribution in [2.45, 2.75) is 45.3 Å². The van der Waals surface area contributed by atoms with Crippen molar-refractivity contribution >= 4 is 41.3 Å². The molecule has 0 bridgehead atoms. The van der Waals surface area contributed by atoms with Crippen LogP contribution in [-0.2, 0) is 38.1 Å². The van der Waals surface area contributed by atoms with Gasteiger partial charge in [0.1, 0.15) is 18.2 Å². The van der Waals surface area contributed by atoms with Crippen molar-refractivity contribution in [3.05, 3.63) is 29.3 Å². The number of fused-ring (bicyclic) bond motifs is 1. The van der Waals surface area contributed by atoms with Crippen LogP contribution in [0.3, 0.4) is 0 Å². The molecule has 6 amide bonds. The van der Waals surface area contributed by atoms with Gasteiger partial charge in [-0.3, -0.25) is 34.2 Å². The average molecular weight is 650 g/mol. The summed E-state index contributed by atoms with van der Waals surface area (Å²) >= 11 is 0. The Bertz CT molecular complexity index is 1270. The third-order valence-electron chi connectivity index (χ3n) is 6.64. The summed E-state index contributed by atoms with van der Waals surface area (Å²) in [5.74, 6) is -3.24. The third-order valence-corrected chi connectivity index (χ3v) is 6.64. The molecule has 4 N–H and O–H groups in total. The fourth-order valence-electron chi connectivity index (χ4n) is 4.57. The number of amides is 6. The normalized spacial score (nSPS) is 16.3. The number of carbonyl (C=O) groups is 6. The number of hydrogen-bond donors (Lipinski definition) is 3. The molecule has 1 atom stereocenters. The number of nitrogens with zero attached hydrogens (tertiary/aromatic N) is 2. The van der Waals surface area contributed by atoms with Crippen molar-refractivity contribution in [3.8, 4) is 0 Å². The highest BCUT2D eigenvalue weighted by atomic mass is 16.6. The van der Waals surface area contributed by atoms with Crippen LogP contribution in [0.1, 0.15) is 54.3 Å². The largest absolute Gasteiger partial charge is 0.444 e. The number of imide groups is 2. The van der Waals surface area contributed by atoms with Gasteiger partial charge in [0.05, 0.1) is 63.1 Å². The van der Waals surface area contributed by atoms with Gasteiger partial charge in [0.2, 0.25) is 17.7 Å². The quantitative estimate of drug-likeness (QED) is 0.145. The van der Waals surface area contributed by atoms with Crippen molar-refractivity contribution in [2.75, 3.05) is 77.8 Å². The fourth-order valence-corrected chi connectivity index (χ4v) is 4.57. The molecule has 0 aromatic heterocycles. The Labute approximate surface area is 267 Å². The number of anilines is 1. The fraction of sp³-hybridized carbons (Fsp3) is 0.600. The van der Waals surface area contributed by atoms with Gasteiger partial charge in [-0.05, 0) is 39.3 Å². The first-order valence-corrected chi connectivity index (χ1v) is 15.1. The van der Waals surface area contributed by atoms with Crippen LogP contribution < -0.4 is 16.4 Å². The van der Waals surface area contributed by atoms with E-state index in [1.807, 2.05) is 0 Å². The summed E-state index contributed by atoms with van der Waals surface area (Å²) in [5.41, 5.74) is 4.70. The van der Waals surface area contributed by atoms with Crippen LogP contribution >= 0.6 is 0 Å². The van der Waals surface area contributed by atoms with E-state index in [9.17, 15) is 28.8 Å². The lowest BCUT2D eigenvalue weighted by Crippen LogP contribution is -2.54.